The molecule has 0 amide bonds. The van der Waals surface area contributed by atoms with Gasteiger partial charge >= 0.3 is 5.97 Å². The molecule has 2 rings (SSSR count). The Morgan fingerprint density at radius 2 is 2.07 bits per heavy atom. The van der Waals surface area contributed by atoms with Gasteiger partial charge in [-0.1, -0.05) is 18.2 Å². The summed E-state index contributed by atoms with van der Waals surface area (Å²) in [6.45, 7) is 0. The molecule has 0 aliphatic heterocycles. The molecule has 0 aliphatic rings. The van der Waals surface area contributed by atoms with E-state index in [9.17, 15) is 4.79 Å². The number of carboxylic acids is 1. The van der Waals surface area contributed by atoms with Crippen LogP contribution in [0.15, 0.2) is 30.6 Å². The number of rotatable bonds is 2. The predicted molar refractivity (Wildman–Crippen MR) is 50.9 cm³/mol. The number of benzene rings is 1. The fourth-order valence-corrected chi connectivity index (χ4v) is 1.41. The van der Waals surface area contributed by atoms with E-state index < -0.39 is 5.97 Å². The predicted octanol–water partition coefficient (Wildman–Crippen LogP) is 1.26. The fourth-order valence-electron chi connectivity index (χ4n) is 1.41. The van der Waals surface area contributed by atoms with E-state index in [1.54, 1.807) is 18.5 Å². The monoisotopic (exact) mass is 188 g/mol. The molecule has 0 saturated heterocycles. The molecule has 1 N–H and O–H groups in total. The lowest BCUT2D eigenvalue weighted by atomic mass is 10.1. The molecule has 14 heavy (non-hydrogen) atoms. The normalized spacial score (nSPS) is 10.3. The third-order valence-electron chi connectivity index (χ3n) is 2.02. The lowest BCUT2D eigenvalue weighted by Gasteiger charge is -2.01. The maximum Gasteiger partial charge on any atom is 0.307 e. The van der Waals surface area contributed by atoms with E-state index in [0.29, 0.717) is 0 Å². The summed E-state index contributed by atoms with van der Waals surface area (Å²) >= 11 is 0. The topological polar surface area (TPSA) is 63.1 Å². The van der Waals surface area contributed by atoms with Gasteiger partial charge in [-0.3, -0.25) is 4.79 Å². The zero-order chi connectivity index (χ0) is 9.97. The van der Waals surface area contributed by atoms with Gasteiger partial charge in [0.2, 0.25) is 0 Å². The SMILES string of the molecule is O=C(O)Cc1cccc2cnncc12. The van der Waals surface area contributed by atoms with Gasteiger partial charge in [-0.05, 0) is 5.56 Å². The minimum absolute atomic E-state index is 0.0169. The van der Waals surface area contributed by atoms with Crippen LogP contribution in [0.2, 0.25) is 0 Å². The minimum Gasteiger partial charge on any atom is -0.481 e. The van der Waals surface area contributed by atoms with E-state index in [4.69, 9.17) is 5.11 Å². The first-order valence-corrected chi connectivity index (χ1v) is 4.17. The van der Waals surface area contributed by atoms with E-state index in [-0.39, 0.29) is 6.42 Å². The summed E-state index contributed by atoms with van der Waals surface area (Å²) in [5.74, 6) is -0.839. The summed E-state index contributed by atoms with van der Waals surface area (Å²) in [5.41, 5.74) is 0.768. The number of carbonyl (C=O) groups is 1. The Balaban J connectivity index is 2.59. The maximum atomic E-state index is 10.6. The summed E-state index contributed by atoms with van der Waals surface area (Å²) in [5, 5.41) is 17.9. The second kappa shape index (κ2) is 3.41. The third kappa shape index (κ3) is 1.54. The molecule has 0 unspecified atom stereocenters. The number of hydrogen-bond acceptors (Lipinski definition) is 3. The molecule has 0 aliphatic carbocycles. The van der Waals surface area contributed by atoms with Crippen LogP contribution in [-0.2, 0) is 11.2 Å². The largest absolute Gasteiger partial charge is 0.481 e. The highest BCUT2D eigenvalue weighted by Crippen LogP contribution is 2.16. The quantitative estimate of drug-likeness (QED) is 0.770. The summed E-state index contributed by atoms with van der Waals surface area (Å²) in [6, 6.07) is 5.50. The van der Waals surface area contributed by atoms with Gasteiger partial charge in [0, 0.05) is 10.8 Å². The first kappa shape index (κ1) is 8.62. The molecule has 0 radical (unpaired) electrons. The van der Waals surface area contributed by atoms with Crippen molar-refractivity contribution in [1.82, 2.24) is 10.2 Å². The molecule has 0 bridgehead atoms. The van der Waals surface area contributed by atoms with E-state index in [1.165, 1.54) is 0 Å². The summed E-state index contributed by atoms with van der Waals surface area (Å²) in [4.78, 5) is 10.6. The minimum atomic E-state index is -0.839. The molecule has 70 valence electrons. The first-order chi connectivity index (χ1) is 6.77. The highest BCUT2D eigenvalue weighted by Gasteiger charge is 2.04. The highest BCUT2D eigenvalue weighted by molar-refractivity contribution is 5.87. The molecule has 0 saturated carbocycles. The van der Waals surface area contributed by atoms with E-state index in [2.05, 4.69) is 10.2 Å². The van der Waals surface area contributed by atoms with Gasteiger partial charge in [0.15, 0.2) is 0 Å². The Kier molecular flexibility index (Phi) is 2.10. The van der Waals surface area contributed by atoms with Crippen molar-refractivity contribution < 1.29 is 9.90 Å². The molecular weight excluding hydrogens is 180 g/mol. The van der Waals surface area contributed by atoms with Crippen molar-refractivity contribution in [1.29, 1.82) is 0 Å². The molecular formula is C10H8N2O2. The van der Waals surface area contributed by atoms with E-state index in [0.717, 1.165) is 16.3 Å². The zero-order valence-electron chi connectivity index (χ0n) is 7.34. The number of hydrogen-bond donors (Lipinski definition) is 1. The van der Waals surface area contributed by atoms with Crippen LogP contribution in [0.1, 0.15) is 5.56 Å². The summed E-state index contributed by atoms with van der Waals surface area (Å²) in [7, 11) is 0. The molecule has 2 aromatic rings. The van der Waals surface area contributed by atoms with Gasteiger partial charge in [-0.2, -0.15) is 10.2 Å². The standard InChI is InChI=1S/C10H8N2O2/c13-10(14)4-7-2-1-3-8-5-11-12-6-9(7)8/h1-3,5-6H,4H2,(H,13,14). The Morgan fingerprint density at radius 3 is 2.86 bits per heavy atom. The number of aromatic nitrogens is 2. The van der Waals surface area contributed by atoms with Crippen molar-refractivity contribution in [2.24, 2.45) is 0 Å². The molecule has 1 aromatic carbocycles. The average molecular weight is 188 g/mol. The van der Waals surface area contributed by atoms with Gasteiger partial charge in [-0.25, -0.2) is 0 Å². The van der Waals surface area contributed by atoms with E-state index >= 15 is 0 Å². The summed E-state index contributed by atoms with van der Waals surface area (Å²) < 4.78 is 0. The third-order valence-corrected chi connectivity index (χ3v) is 2.02. The van der Waals surface area contributed by atoms with Crippen LogP contribution in [0.4, 0.5) is 0 Å². The Bertz CT molecular complexity index is 477. The van der Waals surface area contributed by atoms with Crippen LogP contribution in [-0.4, -0.2) is 21.3 Å². The second-order valence-corrected chi connectivity index (χ2v) is 2.98. The molecule has 4 heteroatoms. The molecule has 0 fully saturated rings. The van der Waals surface area contributed by atoms with E-state index in [1.807, 2.05) is 12.1 Å². The first-order valence-electron chi connectivity index (χ1n) is 4.17. The van der Waals surface area contributed by atoms with Crippen LogP contribution in [0.25, 0.3) is 10.8 Å². The molecule has 1 heterocycles. The Hall–Kier alpha value is -1.97. The summed E-state index contributed by atoms with van der Waals surface area (Å²) in [6.07, 6.45) is 3.23. The van der Waals surface area contributed by atoms with Gasteiger partial charge in [-0.15, -0.1) is 0 Å². The van der Waals surface area contributed by atoms with Gasteiger partial charge in [0.1, 0.15) is 0 Å². The lowest BCUT2D eigenvalue weighted by Crippen LogP contribution is -2.00. The molecule has 0 spiro atoms. The number of fused-ring (bicyclic) bond motifs is 1. The Morgan fingerprint density at radius 1 is 1.29 bits per heavy atom. The van der Waals surface area contributed by atoms with Gasteiger partial charge in [0.05, 0.1) is 18.8 Å². The highest BCUT2D eigenvalue weighted by atomic mass is 16.4. The maximum absolute atomic E-state index is 10.6. The zero-order valence-corrected chi connectivity index (χ0v) is 7.34. The second-order valence-electron chi connectivity index (χ2n) is 2.98. The van der Waals surface area contributed by atoms with Crippen molar-refractivity contribution in [2.45, 2.75) is 6.42 Å². The smallest absolute Gasteiger partial charge is 0.307 e. The van der Waals surface area contributed by atoms with Crippen LogP contribution >= 0.6 is 0 Å². The van der Waals surface area contributed by atoms with Crippen molar-refractivity contribution in [3.63, 3.8) is 0 Å². The van der Waals surface area contributed by atoms with Crippen LogP contribution in [0.5, 0.6) is 0 Å². The lowest BCUT2D eigenvalue weighted by molar-refractivity contribution is -0.136. The number of aliphatic carboxylic acids is 1. The van der Waals surface area contributed by atoms with Gasteiger partial charge < -0.3 is 5.11 Å². The van der Waals surface area contributed by atoms with Crippen molar-refractivity contribution in [3.8, 4) is 0 Å². The van der Waals surface area contributed by atoms with Crippen molar-refractivity contribution in [2.75, 3.05) is 0 Å². The average Bonchev–Trinajstić information content (AvgIpc) is 2.18. The van der Waals surface area contributed by atoms with Crippen LogP contribution in [0, 0.1) is 0 Å². The Labute approximate surface area is 80.2 Å². The molecule has 4 nitrogen and oxygen atoms in total. The van der Waals surface area contributed by atoms with Crippen LogP contribution in [0.3, 0.4) is 0 Å². The fraction of sp³-hybridized carbons (Fsp3) is 0.100. The van der Waals surface area contributed by atoms with Crippen LogP contribution < -0.4 is 0 Å². The number of carboxylic acid groups (broad SMARTS) is 1. The van der Waals surface area contributed by atoms with Gasteiger partial charge in [0.25, 0.3) is 0 Å². The van der Waals surface area contributed by atoms with Crippen molar-refractivity contribution >= 4 is 16.7 Å². The molecule has 0 atom stereocenters. The van der Waals surface area contributed by atoms with Crippen molar-refractivity contribution in [3.05, 3.63) is 36.2 Å². The number of nitrogens with zero attached hydrogens (tertiary/aromatic N) is 2. The molecule has 1 aromatic heterocycles.